The van der Waals surface area contributed by atoms with Gasteiger partial charge in [0.15, 0.2) is 11.5 Å². The molecule has 0 saturated heterocycles. The molecule has 0 spiro atoms. The predicted octanol–water partition coefficient (Wildman–Crippen LogP) is 3.38. The molecule has 0 bridgehead atoms. The monoisotopic (exact) mass is 414 g/mol. The van der Waals surface area contributed by atoms with Crippen LogP contribution in [0.25, 0.3) is 0 Å². The first kappa shape index (κ1) is 23.2. The molecule has 2 rings (SSSR count). The van der Waals surface area contributed by atoms with E-state index in [0.717, 1.165) is 12.0 Å². The van der Waals surface area contributed by atoms with Crippen molar-refractivity contribution in [3.63, 3.8) is 0 Å². The van der Waals surface area contributed by atoms with Crippen LogP contribution in [0.3, 0.4) is 0 Å². The first-order valence-electron chi connectivity index (χ1n) is 9.82. The lowest BCUT2D eigenvalue weighted by Gasteiger charge is -2.17. The molecule has 0 atom stereocenters. The average Bonchev–Trinajstić information content (AvgIpc) is 2.71. The summed E-state index contributed by atoms with van der Waals surface area (Å²) in [5, 5.41) is 2.84. The first-order chi connectivity index (χ1) is 14.3. The molecule has 0 heterocycles. The highest BCUT2D eigenvalue weighted by molar-refractivity contribution is 5.94. The van der Waals surface area contributed by atoms with Gasteiger partial charge in [-0.3, -0.25) is 9.69 Å². The van der Waals surface area contributed by atoms with E-state index >= 15 is 0 Å². The van der Waals surface area contributed by atoms with Crippen LogP contribution in [0.5, 0.6) is 11.5 Å². The quantitative estimate of drug-likeness (QED) is 0.601. The molecule has 7 heteroatoms. The van der Waals surface area contributed by atoms with Gasteiger partial charge in [0.2, 0.25) is 5.91 Å². The zero-order valence-electron chi connectivity index (χ0n) is 18.2. The standard InChI is InChI=1S/C23H30N2O5/c1-16(2)30-23(27)18-7-9-19(10-8-18)24-22(26)15-25(3)13-12-17-6-11-20(28-4)21(14-17)29-5/h6-11,14,16H,12-13,15H2,1-5H3,(H,24,26). The number of anilines is 1. The largest absolute Gasteiger partial charge is 0.493 e. The molecule has 0 fully saturated rings. The van der Waals surface area contributed by atoms with Crippen molar-refractivity contribution in [1.29, 1.82) is 0 Å². The smallest absolute Gasteiger partial charge is 0.338 e. The van der Waals surface area contributed by atoms with Gasteiger partial charge in [-0.25, -0.2) is 4.79 Å². The molecular weight excluding hydrogens is 384 g/mol. The summed E-state index contributed by atoms with van der Waals surface area (Å²) in [5.74, 6) is 0.883. The second kappa shape index (κ2) is 11.2. The number of ether oxygens (including phenoxy) is 3. The van der Waals surface area contributed by atoms with Gasteiger partial charge in [-0.1, -0.05) is 6.07 Å². The molecule has 1 amide bonds. The van der Waals surface area contributed by atoms with Crippen molar-refractivity contribution >= 4 is 17.6 Å². The van der Waals surface area contributed by atoms with E-state index in [1.165, 1.54) is 0 Å². The molecule has 2 aromatic carbocycles. The summed E-state index contributed by atoms with van der Waals surface area (Å²) in [5.41, 5.74) is 2.19. The Kier molecular flexibility index (Phi) is 8.68. The molecule has 30 heavy (non-hydrogen) atoms. The number of esters is 1. The molecule has 0 radical (unpaired) electrons. The second-order valence-corrected chi connectivity index (χ2v) is 7.26. The summed E-state index contributed by atoms with van der Waals surface area (Å²) in [6.45, 7) is 4.57. The highest BCUT2D eigenvalue weighted by Crippen LogP contribution is 2.27. The molecular formula is C23H30N2O5. The maximum Gasteiger partial charge on any atom is 0.338 e. The minimum Gasteiger partial charge on any atom is -0.493 e. The number of methoxy groups -OCH3 is 2. The van der Waals surface area contributed by atoms with E-state index in [-0.39, 0.29) is 24.5 Å². The van der Waals surface area contributed by atoms with Gasteiger partial charge in [-0.15, -0.1) is 0 Å². The van der Waals surface area contributed by atoms with Gasteiger partial charge in [0, 0.05) is 12.2 Å². The predicted molar refractivity (Wildman–Crippen MR) is 116 cm³/mol. The number of nitrogens with zero attached hydrogens (tertiary/aromatic N) is 1. The average molecular weight is 415 g/mol. The third-order valence-electron chi connectivity index (χ3n) is 4.39. The van der Waals surface area contributed by atoms with E-state index in [1.54, 1.807) is 52.3 Å². The Balaban J connectivity index is 1.82. The summed E-state index contributed by atoms with van der Waals surface area (Å²) >= 11 is 0. The van der Waals surface area contributed by atoms with Crippen molar-refractivity contribution < 1.29 is 23.8 Å². The molecule has 0 unspecified atom stereocenters. The van der Waals surface area contributed by atoms with Gasteiger partial charge in [-0.2, -0.15) is 0 Å². The van der Waals surface area contributed by atoms with Crippen LogP contribution in [-0.2, 0) is 16.0 Å². The molecule has 162 valence electrons. The van der Waals surface area contributed by atoms with E-state index in [1.807, 2.05) is 30.1 Å². The lowest BCUT2D eigenvalue weighted by molar-refractivity contribution is -0.117. The molecule has 7 nitrogen and oxygen atoms in total. The number of nitrogens with one attached hydrogen (secondary N) is 1. The van der Waals surface area contributed by atoms with E-state index < -0.39 is 0 Å². The molecule has 2 aromatic rings. The van der Waals surface area contributed by atoms with Crippen LogP contribution in [0.4, 0.5) is 5.69 Å². The molecule has 1 N–H and O–H groups in total. The number of hydrogen-bond acceptors (Lipinski definition) is 6. The zero-order valence-corrected chi connectivity index (χ0v) is 18.2. The SMILES string of the molecule is COc1ccc(CCN(C)CC(=O)Nc2ccc(C(=O)OC(C)C)cc2)cc1OC. The Morgan fingerprint density at radius 2 is 1.67 bits per heavy atom. The Morgan fingerprint density at radius 3 is 2.27 bits per heavy atom. The number of carbonyl (C=O) groups excluding carboxylic acids is 2. The van der Waals surface area contributed by atoms with Crippen LogP contribution < -0.4 is 14.8 Å². The molecule has 0 aromatic heterocycles. The highest BCUT2D eigenvalue weighted by atomic mass is 16.5. The van der Waals surface area contributed by atoms with Crippen molar-refractivity contribution in [2.24, 2.45) is 0 Å². The third-order valence-corrected chi connectivity index (χ3v) is 4.39. The number of likely N-dealkylation sites (N-methyl/N-ethyl adjacent to an activating group) is 1. The fourth-order valence-electron chi connectivity index (χ4n) is 2.85. The van der Waals surface area contributed by atoms with Crippen LogP contribution in [0.15, 0.2) is 42.5 Å². The maximum absolute atomic E-state index is 12.3. The summed E-state index contributed by atoms with van der Waals surface area (Å²) in [4.78, 5) is 26.1. The fraction of sp³-hybridized carbons (Fsp3) is 0.391. The topological polar surface area (TPSA) is 77.1 Å². The van der Waals surface area contributed by atoms with Crippen molar-refractivity contribution in [3.05, 3.63) is 53.6 Å². The number of amides is 1. The van der Waals surface area contributed by atoms with E-state index in [2.05, 4.69) is 5.32 Å². The summed E-state index contributed by atoms with van der Waals surface area (Å²) in [6, 6.07) is 12.5. The van der Waals surface area contributed by atoms with Crippen molar-refractivity contribution in [1.82, 2.24) is 4.90 Å². The van der Waals surface area contributed by atoms with Crippen molar-refractivity contribution in [2.75, 3.05) is 39.7 Å². The zero-order chi connectivity index (χ0) is 22.1. The molecule has 0 saturated carbocycles. The van der Waals surface area contributed by atoms with Crippen LogP contribution in [0.1, 0.15) is 29.8 Å². The third kappa shape index (κ3) is 7.08. The second-order valence-electron chi connectivity index (χ2n) is 7.26. The number of hydrogen-bond donors (Lipinski definition) is 1. The summed E-state index contributed by atoms with van der Waals surface area (Å²) in [7, 11) is 5.11. The van der Waals surface area contributed by atoms with Gasteiger partial charge in [0.25, 0.3) is 0 Å². The van der Waals surface area contributed by atoms with E-state index in [0.29, 0.717) is 29.3 Å². The summed E-state index contributed by atoms with van der Waals surface area (Å²) < 4.78 is 15.7. The lowest BCUT2D eigenvalue weighted by atomic mass is 10.1. The Hall–Kier alpha value is -3.06. The summed E-state index contributed by atoms with van der Waals surface area (Å²) in [6.07, 6.45) is 0.600. The highest BCUT2D eigenvalue weighted by Gasteiger charge is 2.11. The Labute approximate surface area is 177 Å². The number of rotatable bonds is 10. The maximum atomic E-state index is 12.3. The minimum atomic E-state index is -0.377. The van der Waals surface area contributed by atoms with Crippen molar-refractivity contribution in [2.45, 2.75) is 26.4 Å². The molecule has 0 aliphatic rings. The van der Waals surface area contributed by atoms with Gasteiger partial charge in [0.05, 0.1) is 32.4 Å². The van der Waals surface area contributed by atoms with Crippen LogP contribution >= 0.6 is 0 Å². The fourth-order valence-corrected chi connectivity index (χ4v) is 2.85. The van der Waals surface area contributed by atoms with Crippen molar-refractivity contribution in [3.8, 4) is 11.5 Å². The van der Waals surface area contributed by atoms with Gasteiger partial charge >= 0.3 is 5.97 Å². The van der Waals surface area contributed by atoms with Crippen LogP contribution in [0, 0.1) is 0 Å². The van der Waals surface area contributed by atoms with Crippen LogP contribution in [-0.4, -0.2) is 57.2 Å². The number of carbonyl (C=O) groups is 2. The van der Waals surface area contributed by atoms with Gasteiger partial charge < -0.3 is 19.5 Å². The molecule has 0 aliphatic carbocycles. The Bertz CT molecular complexity index is 849. The lowest BCUT2D eigenvalue weighted by Crippen LogP contribution is -2.31. The Morgan fingerprint density at radius 1 is 1.00 bits per heavy atom. The number of benzene rings is 2. The van der Waals surface area contributed by atoms with E-state index in [4.69, 9.17) is 14.2 Å². The molecule has 0 aliphatic heterocycles. The first-order valence-corrected chi connectivity index (χ1v) is 9.82. The van der Waals surface area contributed by atoms with Gasteiger partial charge in [-0.05, 0) is 69.3 Å². The minimum absolute atomic E-state index is 0.123. The van der Waals surface area contributed by atoms with Crippen LogP contribution in [0.2, 0.25) is 0 Å². The van der Waals surface area contributed by atoms with Gasteiger partial charge in [0.1, 0.15) is 0 Å². The normalized spacial score (nSPS) is 10.8. The van der Waals surface area contributed by atoms with E-state index in [9.17, 15) is 9.59 Å².